The molecule has 5 unspecified atom stereocenters. The van der Waals surface area contributed by atoms with Crippen LogP contribution in [0.15, 0.2) is 34.9 Å². The fourth-order valence-corrected chi connectivity index (χ4v) is 10.3. The number of aliphatic hydroxyl groups excluding tert-OH is 3. The molecule has 6 aromatic rings. The molecular weight excluding hydrogens is 1010 g/mol. The quantitative estimate of drug-likeness (QED) is 0.0383. The maximum Gasteiger partial charge on any atom is 0.472 e. The number of nitrogens with two attached hydrogens (primary N) is 3. The van der Waals surface area contributed by atoms with Crippen LogP contribution in [0, 0.1) is 0 Å². The fourth-order valence-electron chi connectivity index (χ4n) is 8.02. The van der Waals surface area contributed by atoms with Gasteiger partial charge in [-0.3, -0.25) is 55.9 Å². The van der Waals surface area contributed by atoms with Gasteiger partial charge in [0.2, 0.25) is 11.9 Å². The van der Waals surface area contributed by atoms with Crippen molar-refractivity contribution in [1.82, 2.24) is 58.6 Å². The van der Waals surface area contributed by atoms with Gasteiger partial charge in [0.1, 0.15) is 60.7 Å². The van der Waals surface area contributed by atoms with E-state index in [9.17, 15) is 58.2 Å². The Labute approximate surface area is 386 Å². The zero-order valence-electron chi connectivity index (χ0n) is 35.3. The number of hydrogen-bond donors (Lipinski definition) is 12. The predicted molar refractivity (Wildman–Crippen MR) is 225 cm³/mol. The van der Waals surface area contributed by atoms with Crippen molar-refractivity contribution in [2.45, 2.75) is 67.0 Å². The summed E-state index contributed by atoms with van der Waals surface area (Å²) in [4.78, 5) is 98.8. The number of nitrogen functional groups attached to an aromatic ring is 3. The maximum absolute atomic E-state index is 14.0. The molecule has 0 radical (unpaired) electrons. The van der Waals surface area contributed by atoms with Gasteiger partial charge in [0, 0.05) is 7.11 Å². The van der Waals surface area contributed by atoms with Gasteiger partial charge in [-0.25, -0.2) is 38.6 Å². The first kappa shape index (κ1) is 49.7. The molecule has 0 bridgehead atoms. The second-order valence-electron chi connectivity index (χ2n) is 15.5. The standard InChI is InChI=1S/C31H40N15O21P3/c1-59-31(46-9-39-15-24(46)41-30(34)43-26(15)51)5-60-12(4-61-68(52,53)54)20(31)67-70(57,58)63-3-11-19(18(49)28(65-11)44-7-37-13-21(32)35-6-36-22(13)44)66-69(55,56)62-2-10-16(47)17(48)27(64-10)45-8-38-14-23(45)40-29(33)42-25(14)50/h6-12,16-20,27-28,47-49H,2-5H2,1H3,(H,55,56)(H,57,58)(H2,32,35,36)(H2,52,53,54)(H3,33,40,42,50)(H3,34,41,43,51)/t10-,11-,12?,16-,17-,18-,19-,20-,27?,28?,31-/m1/s1. The summed E-state index contributed by atoms with van der Waals surface area (Å²) in [6.07, 6.45) is -13.4. The summed E-state index contributed by atoms with van der Waals surface area (Å²) in [5.74, 6) is -0.773. The number of rotatable bonds is 17. The van der Waals surface area contributed by atoms with Crippen molar-refractivity contribution in [1.29, 1.82) is 0 Å². The van der Waals surface area contributed by atoms with Gasteiger partial charge in [-0.05, 0) is 0 Å². The van der Waals surface area contributed by atoms with Crippen LogP contribution in [0.5, 0.6) is 0 Å². The highest BCUT2D eigenvalue weighted by atomic mass is 31.2. The number of aromatic amines is 2. The zero-order valence-corrected chi connectivity index (χ0v) is 38.0. The SMILES string of the molecule is CO[C@]1(n2cnc3c(=O)[nH]c(N)nc32)COC(COP(=O)(O)O)[C@H]1OP(=O)(O)OC[C@H]1OC(n2cnc3c(N)ncnc32)[C@H](O)[C@@H]1OP(=O)(O)OC[C@H]1OC(n2cnc3c(=O)[nH]c(N)nc32)[C@H](O)[C@@H]1O. The van der Waals surface area contributed by atoms with Crippen molar-refractivity contribution in [2.24, 2.45) is 0 Å². The van der Waals surface area contributed by atoms with Crippen molar-refractivity contribution in [3.63, 3.8) is 0 Å². The minimum Gasteiger partial charge on any atom is -0.387 e. The summed E-state index contributed by atoms with van der Waals surface area (Å²) in [5, 5.41) is 33.4. The molecule has 0 aliphatic carbocycles. The van der Waals surface area contributed by atoms with E-state index in [1.807, 2.05) is 0 Å². The normalized spacial score (nSPS) is 30.2. The first-order valence-corrected chi connectivity index (χ1v) is 24.4. The molecular formula is C31H40N15O21P3. The first-order chi connectivity index (χ1) is 33.0. The third-order valence-electron chi connectivity index (χ3n) is 11.2. The van der Waals surface area contributed by atoms with E-state index in [4.69, 9.17) is 54.2 Å². The maximum atomic E-state index is 14.0. The van der Waals surface area contributed by atoms with E-state index in [2.05, 4.69) is 49.4 Å². The van der Waals surface area contributed by atoms with Crippen molar-refractivity contribution in [2.75, 3.05) is 50.7 Å². The van der Waals surface area contributed by atoms with Gasteiger partial charge in [-0.2, -0.15) is 9.97 Å². The lowest BCUT2D eigenvalue weighted by Gasteiger charge is -2.35. The molecule has 9 rings (SSSR count). The van der Waals surface area contributed by atoms with Crippen molar-refractivity contribution in [3.05, 3.63) is 46.0 Å². The third-order valence-corrected chi connectivity index (χ3v) is 13.7. The van der Waals surface area contributed by atoms with E-state index in [0.717, 1.165) is 46.1 Å². The molecule has 13 atom stereocenters. The van der Waals surface area contributed by atoms with Gasteiger partial charge in [0.25, 0.3) is 11.1 Å². The second kappa shape index (κ2) is 18.4. The monoisotopic (exact) mass is 1050 g/mol. The average Bonchev–Trinajstić information content (AvgIpc) is 4.15. The Kier molecular flexibility index (Phi) is 13.0. The molecule has 380 valence electrons. The number of ether oxygens (including phenoxy) is 4. The van der Waals surface area contributed by atoms with Gasteiger partial charge in [-0.15, -0.1) is 0 Å². The summed E-state index contributed by atoms with van der Waals surface area (Å²) in [6, 6.07) is 0. The number of aliphatic hydroxyl groups is 3. The number of methoxy groups -OCH3 is 1. The molecule has 3 saturated heterocycles. The number of phosphoric acid groups is 3. The van der Waals surface area contributed by atoms with Crippen LogP contribution in [0.1, 0.15) is 12.5 Å². The first-order valence-electron chi connectivity index (χ1n) is 19.9. The van der Waals surface area contributed by atoms with Crippen LogP contribution in [0.25, 0.3) is 33.5 Å². The number of nitrogens with one attached hydrogen (secondary N) is 2. The van der Waals surface area contributed by atoms with E-state index < -0.39 is 128 Å². The fraction of sp³-hybridized carbons (Fsp3) is 0.516. The van der Waals surface area contributed by atoms with Crippen molar-refractivity contribution in [3.8, 4) is 0 Å². The van der Waals surface area contributed by atoms with E-state index in [1.165, 1.54) is 0 Å². The van der Waals surface area contributed by atoms with E-state index in [-0.39, 0.29) is 51.2 Å². The summed E-state index contributed by atoms with van der Waals surface area (Å²) in [5.41, 5.74) is 12.9. The molecule has 39 heteroatoms. The average molecular weight is 1050 g/mol. The summed E-state index contributed by atoms with van der Waals surface area (Å²) >= 11 is 0. The number of aromatic nitrogens is 12. The Hall–Kier alpha value is -5.30. The number of fused-ring (bicyclic) bond motifs is 3. The molecule has 9 heterocycles. The van der Waals surface area contributed by atoms with E-state index in [1.54, 1.807) is 0 Å². The van der Waals surface area contributed by atoms with Crippen molar-refractivity contribution >= 4 is 74.7 Å². The third kappa shape index (κ3) is 9.24. The molecule has 0 spiro atoms. The Morgan fingerprint density at radius 1 is 0.700 bits per heavy atom. The Balaban J connectivity index is 0.963. The molecule has 6 aromatic heterocycles. The van der Waals surface area contributed by atoms with Crippen LogP contribution in [0.3, 0.4) is 0 Å². The van der Waals surface area contributed by atoms with E-state index in [0.29, 0.717) is 0 Å². The minimum absolute atomic E-state index is 0.0175. The number of nitrogens with zero attached hydrogens (tertiary/aromatic N) is 10. The summed E-state index contributed by atoms with van der Waals surface area (Å²) in [6.45, 7) is -3.73. The molecule has 3 aliphatic heterocycles. The lowest BCUT2D eigenvalue weighted by molar-refractivity contribution is -0.135. The largest absolute Gasteiger partial charge is 0.472 e. The van der Waals surface area contributed by atoms with Crippen LogP contribution in [-0.2, 0) is 61.0 Å². The topological polar surface area (TPSA) is 525 Å². The van der Waals surface area contributed by atoms with Crippen LogP contribution in [0.4, 0.5) is 17.7 Å². The zero-order chi connectivity index (χ0) is 50.2. The highest BCUT2D eigenvalue weighted by Crippen LogP contribution is 2.54. The van der Waals surface area contributed by atoms with Crippen LogP contribution in [-0.4, -0.2) is 176 Å². The smallest absolute Gasteiger partial charge is 0.387 e. The molecule has 0 saturated carbocycles. The van der Waals surface area contributed by atoms with Crippen LogP contribution >= 0.6 is 23.5 Å². The van der Waals surface area contributed by atoms with Gasteiger partial charge in [-0.1, -0.05) is 0 Å². The number of phosphoric ester groups is 3. The lowest BCUT2D eigenvalue weighted by Crippen LogP contribution is -2.50. The predicted octanol–water partition coefficient (Wildman–Crippen LogP) is -4.47. The van der Waals surface area contributed by atoms with Crippen molar-refractivity contribution < 1.29 is 90.2 Å². The Morgan fingerprint density at radius 2 is 1.26 bits per heavy atom. The van der Waals surface area contributed by atoms with E-state index >= 15 is 0 Å². The lowest BCUT2D eigenvalue weighted by atomic mass is 10.1. The minimum atomic E-state index is -5.58. The second-order valence-corrected chi connectivity index (χ2v) is 19.6. The van der Waals surface area contributed by atoms with Crippen LogP contribution < -0.4 is 28.3 Å². The van der Waals surface area contributed by atoms with Gasteiger partial charge < -0.3 is 71.0 Å². The molecule has 3 fully saturated rings. The Bertz CT molecular complexity index is 3220. The molecule has 0 aromatic carbocycles. The molecule has 70 heavy (non-hydrogen) atoms. The number of hydrogen-bond acceptors (Lipinski definition) is 27. The highest BCUT2D eigenvalue weighted by Gasteiger charge is 2.58. The molecule has 0 amide bonds. The molecule has 3 aliphatic rings. The van der Waals surface area contributed by atoms with Gasteiger partial charge in [0.15, 0.2) is 52.0 Å². The van der Waals surface area contributed by atoms with Gasteiger partial charge >= 0.3 is 23.5 Å². The number of anilines is 3. The van der Waals surface area contributed by atoms with Crippen LogP contribution in [0.2, 0.25) is 0 Å². The van der Waals surface area contributed by atoms with Gasteiger partial charge in [0.05, 0.1) is 45.4 Å². The highest BCUT2D eigenvalue weighted by molar-refractivity contribution is 7.47. The summed E-state index contributed by atoms with van der Waals surface area (Å²) in [7, 11) is -15.2. The molecule has 15 N–H and O–H groups in total. The summed E-state index contributed by atoms with van der Waals surface area (Å²) < 4.78 is 91.9. The number of imidazole rings is 3. The number of H-pyrrole nitrogens is 2. The Morgan fingerprint density at radius 3 is 1.93 bits per heavy atom. The molecule has 36 nitrogen and oxygen atoms in total.